The summed E-state index contributed by atoms with van der Waals surface area (Å²) in [5, 5.41) is 11.5. The lowest BCUT2D eigenvalue weighted by Gasteiger charge is -2.15. The number of hydrogen-bond donors (Lipinski definition) is 4. The number of aryl methyl sites for hydroxylation is 4. The van der Waals surface area contributed by atoms with E-state index in [0.717, 1.165) is 157 Å². The van der Waals surface area contributed by atoms with Gasteiger partial charge in [0.05, 0.1) is 45.5 Å². The molecule has 14 nitrogen and oxygen atoms in total. The Morgan fingerprint density at radius 1 is 0.558 bits per heavy atom. The van der Waals surface area contributed by atoms with Gasteiger partial charge in [-0.1, -0.05) is 50.3 Å². The van der Waals surface area contributed by atoms with E-state index in [2.05, 4.69) is 72.1 Å². The van der Waals surface area contributed by atoms with Gasteiger partial charge in [-0.15, -0.1) is 0 Å². The molecule has 15 heteroatoms. The predicted octanol–water partition coefficient (Wildman–Crippen LogP) is 11.2. The minimum atomic E-state index is -0.273. The summed E-state index contributed by atoms with van der Waals surface area (Å²) in [6.45, 7) is 9.19. The van der Waals surface area contributed by atoms with E-state index in [9.17, 15) is 19.2 Å². The van der Waals surface area contributed by atoms with Crippen LogP contribution in [0.5, 0.6) is 28.7 Å². The number of benzene rings is 5. The molecule has 5 aliphatic carbocycles. The van der Waals surface area contributed by atoms with E-state index in [-0.39, 0.29) is 23.0 Å². The summed E-state index contributed by atoms with van der Waals surface area (Å²) in [4.78, 5) is 42.9. The van der Waals surface area contributed by atoms with Crippen LogP contribution in [0.15, 0.2) is 72.8 Å². The molecule has 0 saturated heterocycles. The normalized spacial score (nSPS) is 19.1. The monoisotopic (exact) mass is 1180 g/mol. The highest BCUT2D eigenvalue weighted by molar-refractivity contribution is 6.63. The molecular weight excluding hydrogens is 1100 g/mol. The average molecular weight is 1180 g/mol. The van der Waals surface area contributed by atoms with Gasteiger partial charge in [0.15, 0.2) is 0 Å². The molecular formula is C71H82ClN5O9. The summed E-state index contributed by atoms with van der Waals surface area (Å²) in [5.74, 6) is 6.51. The number of halogens is 1. The van der Waals surface area contributed by atoms with Crippen LogP contribution < -0.4 is 46.2 Å². The Bertz CT molecular complexity index is 3480. The molecule has 0 spiro atoms. The van der Waals surface area contributed by atoms with Crippen LogP contribution >= 0.6 is 11.6 Å². The highest BCUT2D eigenvalue weighted by Gasteiger charge is 2.33. The molecule has 10 aliphatic rings. The van der Waals surface area contributed by atoms with Gasteiger partial charge < -0.3 is 46.2 Å². The van der Waals surface area contributed by atoms with E-state index >= 15 is 0 Å². The number of nitriles is 1. The van der Waals surface area contributed by atoms with Crippen LogP contribution in [0.25, 0.3) is 11.1 Å². The lowest BCUT2D eigenvalue weighted by molar-refractivity contribution is -0.121. The number of hydrogen-bond acceptors (Lipinski definition) is 11. The van der Waals surface area contributed by atoms with E-state index in [0.29, 0.717) is 43.4 Å². The first-order valence-electron chi connectivity index (χ1n) is 31.2. The summed E-state index contributed by atoms with van der Waals surface area (Å²) in [6.07, 6.45) is 22.8. The summed E-state index contributed by atoms with van der Waals surface area (Å²) in [6, 6.07) is 23.4. The van der Waals surface area contributed by atoms with Crippen molar-refractivity contribution in [3.8, 4) is 34.8 Å². The number of fused-ring (bicyclic) bond motifs is 15. The molecule has 0 aromatic heterocycles. The van der Waals surface area contributed by atoms with Crippen LogP contribution in [-0.4, -0.2) is 69.1 Å². The Balaban J connectivity index is 0.000000117. The van der Waals surface area contributed by atoms with Gasteiger partial charge in [-0.25, -0.2) is 0 Å². The van der Waals surface area contributed by atoms with Crippen molar-refractivity contribution in [2.45, 2.75) is 160 Å². The molecule has 86 heavy (non-hydrogen) atoms. The van der Waals surface area contributed by atoms with Crippen LogP contribution in [-0.2, 0) is 83.4 Å². The molecule has 7 N–H and O–H groups in total. The second kappa shape index (κ2) is 28.7. The van der Waals surface area contributed by atoms with Crippen molar-refractivity contribution in [1.82, 2.24) is 5.32 Å². The number of amides is 3. The number of rotatable bonds is 11. The summed E-state index contributed by atoms with van der Waals surface area (Å²) in [5.41, 5.74) is 39.4. The van der Waals surface area contributed by atoms with Gasteiger partial charge in [0.25, 0.3) is 0 Å². The number of carbonyl (C=O) groups is 4. The Morgan fingerprint density at radius 3 is 1.47 bits per heavy atom. The first kappa shape index (κ1) is 61.5. The lowest BCUT2D eigenvalue weighted by atomic mass is 9.92. The minimum absolute atomic E-state index is 0.153. The van der Waals surface area contributed by atoms with Gasteiger partial charge in [-0.05, 0) is 204 Å². The summed E-state index contributed by atoms with van der Waals surface area (Å²) < 4.78 is 27.9. The van der Waals surface area contributed by atoms with Crippen molar-refractivity contribution in [3.05, 3.63) is 156 Å². The molecule has 452 valence electrons. The molecule has 15 rings (SSSR count). The fourth-order valence-electron chi connectivity index (χ4n) is 14.5. The van der Waals surface area contributed by atoms with E-state index in [1.165, 1.54) is 109 Å². The maximum Gasteiger partial charge on any atom is 0.221 e. The molecule has 3 amide bonds. The van der Waals surface area contributed by atoms with Crippen LogP contribution in [0, 0.1) is 11.3 Å². The van der Waals surface area contributed by atoms with Crippen LogP contribution in [0.3, 0.4) is 0 Å². The minimum Gasteiger partial charge on any atom is -0.493 e. The van der Waals surface area contributed by atoms with E-state index in [1.54, 1.807) is 18.6 Å². The van der Waals surface area contributed by atoms with Gasteiger partial charge in [-0.2, -0.15) is 5.26 Å². The summed E-state index contributed by atoms with van der Waals surface area (Å²) in [7, 11) is 0. The maximum absolute atomic E-state index is 11.3. The molecule has 5 aromatic rings. The Labute approximate surface area is 511 Å². The molecule has 5 heterocycles. The number of allylic oxidation sites excluding steroid dienone is 3. The number of nitrogens with zero attached hydrogens (tertiary/aromatic N) is 1. The van der Waals surface area contributed by atoms with Crippen molar-refractivity contribution < 1.29 is 42.9 Å². The Morgan fingerprint density at radius 2 is 1.00 bits per heavy atom. The second-order valence-corrected chi connectivity index (χ2v) is 23.9. The van der Waals surface area contributed by atoms with E-state index in [4.69, 9.17) is 57.7 Å². The van der Waals surface area contributed by atoms with Gasteiger partial charge in [0.1, 0.15) is 28.7 Å². The Hall–Kier alpha value is -7.60. The maximum atomic E-state index is 11.3. The molecule has 3 atom stereocenters. The predicted molar refractivity (Wildman–Crippen MR) is 335 cm³/mol. The lowest BCUT2D eigenvalue weighted by Crippen LogP contribution is -2.24. The molecule has 0 unspecified atom stereocenters. The van der Waals surface area contributed by atoms with Gasteiger partial charge >= 0.3 is 0 Å². The standard InChI is InChI=1S/C16H21NO2.C13H15NO2.C13H13NO2.C13H17NO.C13H11NO.C3H5ClO/c1-2-15(18)17-9-7-12-4-3-11-5-6-14-13(16(11)12)8-10-19-14;2*14-12(15)7-9-2-1-8-3-4-11-10(13(8)9)5-6-16-11;2*14-7-5-10-2-1-9-3-4-12-11(13(9)10)6-8-15-12;1-2-3(4)5/h5-6,12H,2-4,7-10H2,1H3,(H,17,18);3-4,9H,1-2,5-7H2,(H2,14,15);2-4H,1,5-7H2,(H2,14,15);3-4,10H,1-2,5-8,14H2;3-5H,1-2,6,8H2;2H2,1H3/b;;;;10-5+;/t12-;9-;;10-;;/m00.0../s1. The van der Waals surface area contributed by atoms with Crippen molar-refractivity contribution in [2.24, 2.45) is 17.2 Å². The van der Waals surface area contributed by atoms with E-state index < -0.39 is 0 Å². The molecule has 0 radical (unpaired) electrons. The zero-order valence-electron chi connectivity index (χ0n) is 50.0. The zero-order valence-corrected chi connectivity index (χ0v) is 50.7. The highest BCUT2D eigenvalue weighted by atomic mass is 35.5. The second-order valence-electron chi connectivity index (χ2n) is 23.5. The third kappa shape index (κ3) is 14.0. The van der Waals surface area contributed by atoms with Crippen LogP contribution in [0.4, 0.5) is 0 Å². The van der Waals surface area contributed by atoms with E-state index in [1.807, 2.05) is 13.0 Å². The third-order valence-corrected chi connectivity index (χ3v) is 18.6. The van der Waals surface area contributed by atoms with Gasteiger partial charge in [0.2, 0.25) is 23.0 Å². The zero-order chi connectivity index (χ0) is 60.3. The number of primary amides is 2. The highest BCUT2D eigenvalue weighted by Crippen LogP contribution is 2.47. The molecule has 0 bridgehead atoms. The number of nitrogens with two attached hydrogens (primary N) is 3. The van der Waals surface area contributed by atoms with Crippen molar-refractivity contribution in [3.63, 3.8) is 0 Å². The van der Waals surface area contributed by atoms with Gasteiger partial charge in [0, 0.05) is 91.8 Å². The fourth-order valence-corrected chi connectivity index (χ4v) is 14.5. The number of nitrogens with one attached hydrogen (secondary N) is 1. The van der Waals surface area contributed by atoms with Crippen molar-refractivity contribution >= 4 is 45.7 Å². The average Bonchev–Trinajstić information content (AvgIpc) is 2.01. The molecule has 5 aromatic carbocycles. The van der Waals surface area contributed by atoms with Crippen molar-refractivity contribution in [1.29, 1.82) is 5.26 Å². The first-order valence-corrected chi connectivity index (χ1v) is 31.6. The number of carbonyl (C=O) groups excluding carboxylic acids is 4. The smallest absolute Gasteiger partial charge is 0.221 e. The third-order valence-electron chi connectivity index (χ3n) is 18.3. The van der Waals surface area contributed by atoms with Crippen molar-refractivity contribution in [2.75, 3.05) is 46.1 Å². The Kier molecular flexibility index (Phi) is 20.5. The quantitative estimate of drug-likeness (QED) is 0.0718. The SMILES string of the molecule is CCC(=O)Cl.CCC(=O)NCC[C@@H]1CCc2ccc3c(c21)CCO3.N#C/C=C1\CCc2ccc3c(c21)CCO3.NC(=O)CC1=CCc2ccc3c(c21)CCO3.NC(=O)C[C@@H]1CCc2ccc3c(c21)CCO3.NCC[C@@H]1CCc2ccc3c(c21)CCO3. The molecule has 0 fully saturated rings. The fraction of sp³-hybridized carbons (Fsp3) is 0.451. The van der Waals surface area contributed by atoms with Gasteiger partial charge in [-0.3, -0.25) is 19.2 Å². The van der Waals surface area contributed by atoms with Crippen LogP contribution in [0.1, 0.15) is 179 Å². The van der Waals surface area contributed by atoms with Crippen LogP contribution in [0.2, 0.25) is 0 Å². The number of ether oxygens (including phenoxy) is 5. The largest absolute Gasteiger partial charge is 0.493 e. The summed E-state index contributed by atoms with van der Waals surface area (Å²) >= 11 is 4.82. The molecule has 0 saturated carbocycles. The molecule has 5 aliphatic heterocycles. The first-order chi connectivity index (χ1) is 41.9. The topological polar surface area (TPSA) is 228 Å².